The van der Waals surface area contributed by atoms with E-state index >= 15 is 0 Å². The van der Waals surface area contributed by atoms with Gasteiger partial charge in [-0.1, -0.05) is 24.3 Å². The van der Waals surface area contributed by atoms with Gasteiger partial charge in [-0.2, -0.15) is 18.3 Å². The fourth-order valence-electron chi connectivity index (χ4n) is 3.42. The van der Waals surface area contributed by atoms with E-state index in [-0.39, 0.29) is 12.4 Å². The number of imidazole rings is 1. The Kier molecular flexibility index (Phi) is 5.88. The van der Waals surface area contributed by atoms with Crippen LogP contribution in [0, 0.1) is 6.92 Å². The Hall–Kier alpha value is -3.76. The van der Waals surface area contributed by atoms with E-state index in [0.717, 1.165) is 17.1 Å². The van der Waals surface area contributed by atoms with Crippen LogP contribution in [0.4, 0.5) is 13.2 Å². The monoisotopic (exact) mass is 458 g/mol. The molecule has 0 radical (unpaired) electrons. The third-order valence-corrected chi connectivity index (χ3v) is 5.11. The molecular weight excluding hydrogens is 437 g/mol. The normalized spacial score (nSPS) is 12.8. The largest absolute Gasteiger partial charge is 0.464 e. The van der Waals surface area contributed by atoms with Crippen molar-refractivity contribution in [2.75, 3.05) is 6.61 Å². The number of carbonyl (C=O) groups is 1. The van der Waals surface area contributed by atoms with E-state index in [2.05, 4.69) is 20.1 Å². The van der Waals surface area contributed by atoms with Gasteiger partial charge in [-0.25, -0.2) is 24.4 Å². The number of fused-ring (bicyclic) bond motifs is 1. The summed E-state index contributed by atoms with van der Waals surface area (Å²) in [5, 5.41) is 5.15. The average Bonchev–Trinajstić information content (AvgIpc) is 3.39. The number of esters is 1. The average molecular weight is 458 g/mol. The molecule has 0 aliphatic carbocycles. The lowest BCUT2D eigenvalue weighted by molar-refractivity contribution is -0.147. The van der Waals surface area contributed by atoms with Gasteiger partial charge < -0.3 is 9.30 Å². The van der Waals surface area contributed by atoms with Crippen LogP contribution < -0.4 is 0 Å². The van der Waals surface area contributed by atoms with Crippen LogP contribution in [0.3, 0.4) is 0 Å². The first-order chi connectivity index (χ1) is 15.7. The topological polar surface area (TPSA) is 87.7 Å². The van der Waals surface area contributed by atoms with Crippen molar-refractivity contribution in [1.29, 1.82) is 0 Å². The molecule has 0 N–H and O–H groups in total. The summed E-state index contributed by atoms with van der Waals surface area (Å²) in [6.07, 6.45) is -0.430. The Bertz CT molecular complexity index is 1290. The van der Waals surface area contributed by atoms with Crippen LogP contribution >= 0.6 is 0 Å². The van der Waals surface area contributed by atoms with E-state index in [1.807, 2.05) is 0 Å². The van der Waals surface area contributed by atoms with Crippen LogP contribution in [0.15, 0.2) is 42.9 Å². The third kappa shape index (κ3) is 4.57. The van der Waals surface area contributed by atoms with Crippen LogP contribution in [-0.2, 0) is 22.3 Å². The summed E-state index contributed by atoms with van der Waals surface area (Å²) in [7, 11) is 0. The van der Waals surface area contributed by atoms with Crippen molar-refractivity contribution >= 4 is 17.0 Å². The third-order valence-electron chi connectivity index (χ3n) is 5.11. The molecule has 11 heteroatoms. The quantitative estimate of drug-likeness (QED) is 0.403. The molecule has 0 spiro atoms. The molecule has 3 aromatic heterocycles. The number of nitrogens with zero attached hydrogens (tertiary/aromatic N) is 6. The number of carbonyl (C=O) groups excluding carboxylic acids is 1. The second kappa shape index (κ2) is 8.64. The Morgan fingerprint density at radius 1 is 1.15 bits per heavy atom. The van der Waals surface area contributed by atoms with Crippen LogP contribution in [0.2, 0.25) is 0 Å². The molecule has 0 saturated heterocycles. The predicted octanol–water partition coefficient (Wildman–Crippen LogP) is 4.19. The maximum atomic E-state index is 13.3. The summed E-state index contributed by atoms with van der Waals surface area (Å²) in [5.41, 5.74) is 0.928. The van der Waals surface area contributed by atoms with Crippen molar-refractivity contribution in [2.24, 2.45) is 0 Å². The lowest BCUT2D eigenvalue weighted by atomic mass is 10.1. The summed E-state index contributed by atoms with van der Waals surface area (Å²) in [4.78, 5) is 24.5. The maximum Gasteiger partial charge on any atom is 0.434 e. The number of hydrogen-bond donors (Lipinski definition) is 0. The standard InChI is InChI=1S/C22H21F3N6O2/c1-4-33-21(32)13(2)30-12-18(22(23,24)25)29-19(30)16-7-5-15(6-8-16)11-31-20-17(10-27-31)9-26-14(3)28-20/h5-10,12-13H,4,11H2,1-3H3. The first-order valence-corrected chi connectivity index (χ1v) is 10.2. The Morgan fingerprint density at radius 3 is 2.55 bits per heavy atom. The summed E-state index contributed by atoms with van der Waals surface area (Å²) >= 11 is 0. The number of rotatable bonds is 6. The SMILES string of the molecule is CCOC(=O)C(C)n1cc(C(F)(F)F)nc1-c1ccc(Cn2ncc3cnc(C)nc32)cc1. The lowest BCUT2D eigenvalue weighted by Crippen LogP contribution is -2.19. The van der Waals surface area contributed by atoms with Gasteiger partial charge in [0.05, 0.1) is 24.7 Å². The van der Waals surface area contributed by atoms with E-state index in [1.165, 1.54) is 11.5 Å². The zero-order valence-electron chi connectivity index (χ0n) is 18.2. The van der Waals surface area contributed by atoms with Gasteiger partial charge in [0.2, 0.25) is 0 Å². The molecule has 33 heavy (non-hydrogen) atoms. The van der Waals surface area contributed by atoms with Gasteiger partial charge in [0, 0.05) is 18.0 Å². The number of benzene rings is 1. The number of alkyl halides is 3. The summed E-state index contributed by atoms with van der Waals surface area (Å²) in [5.74, 6) is 0.0225. The van der Waals surface area contributed by atoms with Crippen LogP contribution in [0.1, 0.15) is 37.0 Å². The Balaban J connectivity index is 1.65. The molecular formula is C22H21F3N6O2. The minimum atomic E-state index is -4.64. The summed E-state index contributed by atoms with van der Waals surface area (Å²) in [6.45, 7) is 5.45. The van der Waals surface area contributed by atoms with Gasteiger partial charge >= 0.3 is 12.1 Å². The molecule has 0 bridgehead atoms. The first kappa shape index (κ1) is 22.4. The molecule has 3 heterocycles. The highest BCUT2D eigenvalue weighted by atomic mass is 19.4. The van der Waals surface area contributed by atoms with Gasteiger partial charge in [0.25, 0.3) is 0 Å². The van der Waals surface area contributed by atoms with Crippen LogP contribution in [0.25, 0.3) is 22.4 Å². The summed E-state index contributed by atoms with van der Waals surface area (Å²) in [6, 6.07) is 5.91. The number of aryl methyl sites for hydroxylation is 1. The zero-order chi connectivity index (χ0) is 23.8. The second-order valence-electron chi connectivity index (χ2n) is 7.48. The summed E-state index contributed by atoms with van der Waals surface area (Å²) < 4.78 is 47.9. The van der Waals surface area contributed by atoms with E-state index in [9.17, 15) is 18.0 Å². The van der Waals surface area contributed by atoms with Gasteiger partial charge in [0.1, 0.15) is 17.7 Å². The fourth-order valence-corrected chi connectivity index (χ4v) is 3.42. The molecule has 0 aliphatic rings. The lowest BCUT2D eigenvalue weighted by Gasteiger charge is -2.15. The predicted molar refractivity (Wildman–Crippen MR) is 113 cm³/mol. The van der Waals surface area contributed by atoms with Crippen molar-refractivity contribution in [2.45, 2.75) is 39.5 Å². The van der Waals surface area contributed by atoms with Gasteiger partial charge in [-0.05, 0) is 26.3 Å². The highest BCUT2D eigenvalue weighted by molar-refractivity contribution is 5.75. The van der Waals surface area contributed by atoms with Crippen LogP contribution in [-0.4, -0.2) is 41.9 Å². The van der Waals surface area contributed by atoms with Crippen molar-refractivity contribution in [1.82, 2.24) is 29.3 Å². The molecule has 0 amide bonds. The molecule has 0 saturated carbocycles. The molecule has 1 unspecified atom stereocenters. The van der Waals surface area contributed by atoms with E-state index in [0.29, 0.717) is 23.6 Å². The number of halogens is 3. The molecule has 172 valence electrons. The minimum Gasteiger partial charge on any atom is -0.464 e. The number of hydrogen-bond acceptors (Lipinski definition) is 6. The zero-order valence-corrected chi connectivity index (χ0v) is 18.2. The maximum absolute atomic E-state index is 13.3. The van der Waals surface area contributed by atoms with Crippen LogP contribution in [0.5, 0.6) is 0 Å². The highest BCUT2D eigenvalue weighted by Crippen LogP contribution is 2.33. The Morgan fingerprint density at radius 2 is 1.88 bits per heavy atom. The van der Waals surface area contributed by atoms with E-state index in [4.69, 9.17) is 4.74 Å². The molecule has 8 nitrogen and oxygen atoms in total. The van der Waals surface area contributed by atoms with Gasteiger partial charge in [-0.15, -0.1) is 0 Å². The van der Waals surface area contributed by atoms with Crippen molar-refractivity contribution in [3.8, 4) is 11.4 Å². The molecule has 4 aromatic rings. The second-order valence-corrected chi connectivity index (χ2v) is 7.48. The molecule has 0 fully saturated rings. The molecule has 0 aliphatic heterocycles. The van der Waals surface area contributed by atoms with E-state index < -0.39 is 23.9 Å². The minimum absolute atomic E-state index is 0.0299. The van der Waals surface area contributed by atoms with Gasteiger partial charge in [-0.3, -0.25) is 0 Å². The van der Waals surface area contributed by atoms with Gasteiger partial charge in [0.15, 0.2) is 11.3 Å². The van der Waals surface area contributed by atoms with E-state index in [1.54, 1.807) is 55.2 Å². The molecule has 4 rings (SSSR count). The Labute approximate surface area is 187 Å². The smallest absolute Gasteiger partial charge is 0.434 e. The van der Waals surface area contributed by atoms with Crippen molar-refractivity contribution in [3.05, 3.63) is 59.9 Å². The van der Waals surface area contributed by atoms with Crippen molar-refractivity contribution < 1.29 is 22.7 Å². The number of ether oxygens (including phenoxy) is 1. The van der Waals surface area contributed by atoms with Crippen molar-refractivity contribution in [3.63, 3.8) is 0 Å². The molecule has 1 atom stereocenters. The first-order valence-electron chi connectivity index (χ1n) is 10.2. The number of aromatic nitrogens is 6. The fraction of sp³-hybridized carbons (Fsp3) is 0.318. The molecule has 1 aromatic carbocycles. The highest BCUT2D eigenvalue weighted by Gasteiger charge is 2.36.